The second-order valence-corrected chi connectivity index (χ2v) is 5.96. The van der Waals surface area contributed by atoms with Gasteiger partial charge in [0.25, 0.3) is 0 Å². The van der Waals surface area contributed by atoms with Crippen LogP contribution in [0.15, 0.2) is 0 Å². The largest absolute Gasteiger partial charge is 0.481 e. The van der Waals surface area contributed by atoms with E-state index < -0.39 is 5.97 Å². The molecule has 0 radical (unpaired) electrons. The zero-order chi connectivity index (χ0) is 13.5. The molecule has 1 N–H and O–H groups in total. The first-order valence-corrected chi connectivity index (χ1v) is 7.79. The highest BCUT2D eigenvalue weighted by Crippen LogP contribution is 2.27. The minimum absolute atomic E-state index is 0.288. The maximum Gasteiger partial charge on any atom is 0.304 e. The van der Waals surface area contributed by atoms with Crippen LogP contribution in [-0.4, -0.2) is 48.3 Å². The standard InChI is InChI=1S/C15H27NO3/c17-15(18)6-10-16(14-4-5-14)9-2-1-3-13-7-11-19-12-8-13/h13-14H,1-12H2,(H,17,18). The maximum absolute atomic E-state index is 10.6. The summed E-state index contributed by atoms with van der Waals surface area (Å²) in [6, 6.07) is 0.683. The molecule has 1 aliphatic carbocycles. The van der Waals surface area contributed by atoms with Crippen LogP contribution in [0.4, 0.5) is 0 Å². The lowest BCUT2D eigenvalue weighted by molar-refractivity contribution is -0.137. The first-order chi connectivity index (χ1) is 9.25. The van der Waals surface area contributed by atoms with Crippen LogP contribution in [0.1, 0.15) is 51.4 Å². The van der Waals surface area contributed by atoms with Gasteiger partial charge in [-0.1, -0.05) is 12.8 Å². The molecule has 0 unspecified atom stereocenters. The van der Waals surface area contributed by atoms with Crippen LogP contribution in [-0.2, 0) is 9.53 Å². The number of unbranched alkanes of at least 4 members (excludes halogenated alkanes) is 1. The molecular weight excluding hydrogens is 242 g/mol. The topological polar surface area (TPSA) is 49.8 Å². The van der Waals surface area contributed by atoms with Crippen molar-refractivity contribution in [2.75, 3.05) is 26.3 Å². The molecule has 0 atom stereocenters. The number of nitrogens with zero attached hydrogens (tertiary/aromatic N) is 1. The molecule has 2 aliphatic rings. The van der Waals surface area contributed by atoms with Crippen molar-refractivity contribution in [3.8, 4) is 0 Å². The van der Waals surface area contributed by atoms with E-state index in [2.05, 4.69) is 4.90 Å². The normalized spacial score (nSPS) is 20.9. The van der Waals surface area contributed by atoms with E-state index in [1.165, 1.54) is 44.9 Å². The van der Waals surface area contributed by atoms with Gasteiger partial charge in [0.15, 0.2) is 0 Å². The van der Waals surface area contributed by atoms with E-state index in [1.54, 1.807) is 0 Å². The van der Waals surface area contributed by atoms with Crippen LogP contribution in [0, 0.1) is 5.92 Å². The molecular formula is C15H27NO3. The summed E-state index contributed by atoms with van der Waals surface area (Å²) in [7, 11) is 0. The summed E-state index contributed by atoms with van der Waals surface area (Å²) < 4.78 is 5.37. The van der Waals surface area contributed by atoms with Gasteiger partial charge in [0.1, 0.15) is 0 Å². The Morgan fingerprint density at radius 1 is 1.11 bits per heavy atom. The van der Waals surface area contributed by atoms with Crippen LogP contribution in [0.2, 0.25) is 0 Å². The summed E-state index contributed by atoms with van der Waals surface area (Å²) in [6.07, 6.45) is 9.08. The van der Waals surface area contributed by atoms with Crippen molar-refractivity contribution in [3.05, 3.63) is 0 Å². The minimum Gasteiger partial charge on any atom is -0.481 e. The molecule has 0 bridgehead atoms. The molecule has 0 aromatic heterocycles. The second kappa shape index (κ2) is 7.85. The molecule has 4 heteroatoms. The van der Waals surface area contributed by atoms with Crippen molar-refractivity contribution in [3.63, 3.8) is 0 Å². The quantitative estimate of drug-likeness (QED) is 0.653. The molecule has 1 aliphatic heterocycles. The number of ether oxygens (including phenoxy) is 1. The molecule has 0 aromatic rings. The van der Waals surface area contributed by atoms with Crippen molar-refractivity contribution >= 4 is 5.97 Å². The van der Waals surface area contributed by atoms with Crippen LogP contribution in [0.25, 0.3) is 0 Å². The highest BCUT2D eigenvalue weighted by molar-refractivity contribution is 5.66. The van der Waals surface area contributed by atoms with Gasteiger partial charge in [-0.2, -0.15) is 0 Å². The smallest absolute Gasteiger partial charge is 0.304 e. The van der Waals surface area contributed by atoms with Crippen molar-refractivity contribution < 1.29 is 14.6 Å². The van der Waals surface area contributed by atoms with Crippen LogP contribution in [0.5, 0.6) is 0 Å². The second-order valence-electron chi connectivity index (χ2n) is 5.96. The zero-order valence-electron chi connectivity index (χ0n) is 11.9. The first kappa shape index (κ1) is 14.8. The lowest BCUT2D eigenvalue weighted by atomic mass is 9.94. The molecule has 0 spiro atoms. The molecule has 1 saturated carbocycles. The van der Waals surface area contributed by atoms with E-state index >= 15 is 0 Å². The van der Waals surface area contributed by atoms with E-state index in [0.717, 1.165) is 32.2 Å². The van der Waals surface area contributed by atoms with Crippen molar-refractivity contribution in [2.24, 2.45) is 5.92 Å². The lowest BCUT2D eigenvalue weighted by Gasteiger charge is -2.23. The van der Waals surface area contributed by atoms with E-state index in [4.69, 9.17) is 9.84 Å². The SMILES string of the molecule is O=C(O)CCN(CCCCC1CCOCC1)C1CC1. The summed E-state index contributed by atoms with van der Waals surface area (Å²) in [5.41, 5.74) is 0. The Balaban J connectivity index is 1.55. The third-order valence-corrected chi connectivity index (χ3v) is 4.32. The van der Waals surface area contributed by atoms with Gasteiger partial charge < -0.3 is 9.84 Å². The van der Waals surface area contributed by atoms with Gasteiger partial charge in [0, 0.05) is 25.8 Å². The number of aliphatic carboxylic acids is 1. The third-order valence-electron chi connectivity index (χ3n) is 4.32. The van der Waals surface area contributed by atoms with E-state index in [-0.39, 0.29) is 6.42 Å². The van der Waals surface area contributed by atoms with Crippen molar-refractivity contribution in [1.29, 1.82) is 0 Å². The average molecular weight is 269 g/mol. The Kier molecular flexibility index (Phi) is 6.11. The number of hydrogen-bond acceptors (Lipinski definition) is 3. The summed E-state index contributed by atoms with van der Waals surface area (Å²) in [5, 5.41) is 8.77. The summed E-state index contributed by atoms with van der Waals surface area (Å²) in [4.78, 5) is 13.0. The Labute approximate surface area is 116 Å². The Bertz CT molecular complexity index is 273. The number of rotatable bonds is 9. The number of hydrogen-bond donors (Lipinski definition) is 1. The molecule has 2 rings (SSSR count). The molecule has 0 amide bonds. The fourth-order valence-electron chi connectivity index (χ4n) is 2.94. The van der Waals surface area contributed by atoms with Gasteiger partial charge in [0.2, 0.25) is 0 Å². The molecule has 1 heterocycles. The van der Waals surface area contributed by atoms with Crippen LogP contribution < -0.4 is 0 Å². The molecule has 1 saturated heterocycles. The van der Waals surface area contributed by atoms with E-state index in [9.17, 15) is 4.79 Å². The van der Waals surface area contributed by atoms with Crippen molar-refractivity contribution in [2.45, 2.75) is 57.4 Å². The summed E-state index contributed by atoms with van der Waals surface area (Å²) >= 11 is 0. The predicted molar refractivity (Wildman–Crippen MR) is 74.2 cm³/mol. The zero-order valence-corrected chi connectivity index (χ0v) is 11.9. The van der Waals surface area contributed by atoms with Gasteiger partial charge in [-0.25, -0.2) is 0 Å². The Hall–Kier alpha value is -0.610. The molecule has 0 aromatic carbocycles. The van der Waals surface area contributed by atoms with Crippen molar-refractivity contribution in [1.82, 2.24) is 4.90 Å². The first-order valence-electron chi connectivity index (χ1n) is 7.79. The Morgan fingerprint density at radius 3 is 2.47 bits per heavy atom. The van der Waals surface area contributed by atoms with Gasteiger partial charge in [-0.05, 0) is 44.6 Å². The fourth-order valence-corrected chi connectivity index (χ4v) is 2.94. The van der Waals surface area contributed by atoms with Crippen LogP contribution in [0.3, 0.4) is 0 Å². The van der Waals surface area contributed by atoms with Gasteiger partial charge in [-0.3, -0.25) is 9.69 Å². The van der Waals surface area contributed by atoms with E-state index in [0.29, 0.717) is 6.04 Å². The monoisotopic (exact) mass is 269 g/mol. The Morgan fingerprint density at radius 2 is 1.84 bits per heavy atom. The summed E-state index contributed by atoms with van der Waals surface area (Å²) in [5.74, 6) is 0.190. The number of carboxylic acid groups (broad SMARTS) is 1. The lowest BCUT2D eigenvalue weighted by Crippen LogP contribution is -2.29. The minimum atomic E-state index is -0.673. The highest BCUT2D eigenvalue weighted by Gasteiger charge is 2.28. The molecule has 4 nitrogen and oxygen atoms in total. The van der Waals surface area contributed by atoms with Gasteiger partial charge in [-0.15, -0.1) is 0 Å². The van der Waals surface area contributed by atoms with E-state index in [1.807, 2.05) is 0 Å². The average Bonchev–Trinajstić information content (AvgIpc) is 3.23. The van der Waals surface area contributed by atoms with Crippen LogP contribution >= 0.6 is 0 Å². The molecule has 110 valence electrons. The molecule has 19 heavy (non-hydrogen) atoms. The van der Waals surface area contributed by atoms with Gasteiger partial charge in [0.05, 0.1) is 6.42 Å². The highest BCUT2D eigenvalue weighted by atomic mass is 16.5. The predicted octanol–water partition coefficient (Wildman–Crippen LogP) is 2.52. The summed E-state index contributed by atoms with van der Waals surface area (Å²) in [6.45, 7) is 3.70. The number of carboxylic acids is 1. The maximum atomic E-state index is 10.6. The molecule has 2 fully saturated rings. The number of carbonyl (C=O) groups is 1. The van der Waals surface area contributed by atoms with Gasteiger partial charge >= 0.3 is 5.97 Å². The third kappa shape index (κ3) is 5.91. The fraction of sp³-hybridized carbons (Fsp3) is 0.933.